The molecule has 4 nitrogen and oxygen atoms in total. The summed E-state index contributed by atoms with van der Waals surface area (Å²) in [4.78, 5) is 15.3. The first-order valence-electron chi connectivity index (χ1n) is 7.54. The Bertz CT molecular complexity index is 687. The van der Waals surface area contributed by atoms with Crippen LogP contribution in [0.1, 0.15) is 30.3 Å². The molecule has 0 spiro atoms. The molecule has 2 N–H and O–H groups in total. The van der Waals surface area contributed by atoms with Crippen LogP contribution in [0.5, 0.6) is 0 Å². The van der Waals surface area contributed by atoms with Gasteiger partial charge in [-0.05, 0) is 56.2 Å². The smallest absolute Gasteiger partial charge is 0.289 e. The van der Waals surface area contributed by atoms with Crippen LogP contribution in [0.2, 0.25) is 5.02 Å². The van der Waals surface area contributed by atoms with Crippen molar-refractivity contribution < 1.29 is 9.21 Å². The highest BCUT2D eigenvalue weighted by Gasteiger charge is 2.29. The first kappa shape index (κ1) is 16.4. The third-order valence-corrected chi connectivity index (χ3v) is 5.20. The van der Waals surface area contributed by atoms with Crippen LogP contribution in [0.3, 0.4) is 0 Å². The second-order valence-corrected chi connectivity index (χ2v) is 7.64. The van der Waals surface area contributed by atoms with Crippen molar-refractivity contribution in [1.82, 2.24) is 4.90 Å². The van der Waals surface area contributed by atoms with Gasteiger partial charge in [0, 0.05) is 28.5 Å². The summed E-state index contributed by atoms with van der Waals surface area (Å²) in [6.07, 6.45) is 1.62. The van der Waals surface area contributed by atoms with E-state index in [0.29, 0.717) is 29.0 Å². The van der Waals surface area contributed by atoms with Gasteiger partial charge in [0.2, 0.25) is 0 Å². The van der Waals surface area contributed by atoms with Crippen molar-refractivity contribution in [2.45, 2.75) is 35.3 Å². The minimum absolute atomic E-state index is 0.0662. The number of rotatable bonds is 3. The summed E-state index contributed by atoms with van der Waals surface area (Å²) in [5.74, 6) is 0.311. The number of nitrogens with zero attached hydrogens (tertiary/aromatic N) is 1. The molecule has 2 heterocycles. The summed E-state index contributed by atoms with van der Waals surface area (Å²) in [5, 5.41) is 1.39. The summed E-state index contributed by atoms with van der Waals surface area (Å²) < 4.78 is 5.69. The first-order chi connectivity index (χ1) is 10.9. The van der Waals surface area contributed by atoms with Crippen LogP contribution in [-0.2, 0) is 0 Å². The molecule has 1 amide bonds. The van der Waals surface area contributed by atoms with E-state index in [1.54, 1.807) is 6.07 Å². The summed E-state index contributed by atoms with van der Waals surface area (Å²) in [6, 6.07) is 11.1. The van der Waals surface area contributed by atoms with Crippen molar-refractivity contribution in [2.24, 2.45) is 5.73 Å². The molecule has 0 unspecified atom stereocenters. The monoisotopic (exact) mass is 350 g/mol. The van der Waals surface area contributed by atoms with Crippen LogP contribution in [0.4, 0.5) is 0 Å². The normalized spacial score (nSPS) is 17.3. The molecular weight excluding hydrogens is 332 g/mol. The van der Waals surface area contributed by atoms with Gasteiger partial charge in [0.15, 0.2) is 10.9 Å². The van der Waals surface area contributed by atoms with E-state index in [1.807, 2.05) is 42.2 Å². The van der Waals surface area contributed by atoms with Gasteiger partial charge in [0.1, 0.15) is 0 Å². The summed E-state index contributed by atoms with van der Waals surface area (Å²) in [5.41, 5.74) is 5.93. The number of carbonyl (C=O) groups is 1. The highest BCUT2D eigenvalue weighted by Crippen LogP contribution is 2.30. The third kappa shape index (κ3) is 4.10. The fourth-order valence-electron chi connectivity index (χ4n) is 2.49. The van der Waals surface area contributed by atoms with Crippen molar-refractivity contribution in [2.75, 3.05) is 13.1 Å². The minimum atomic E-state index is -0.171. The van der Waals surface area contributed by atoms with Gasteiger partial charge in [-0.2, -0.15) is 0 Å². The number of halogens is 1. The van der Waals surface area contributed by atoms with Gasteiger partial charge in [-0.1, -0.05) is 23.4 Å². The number of carbonyl (C=O) groups excluding carboxylic acids is 1. The fourth-order valence-corrected chi connectivity index (χ4v) is 3.38. The predicted octanol–water partition coefficient (Wildman–Crippen LogP) is 4.04. The van der Waals surface area contributed by atoms with Crippen LogP contribution in [0, 0.1) is 0 Å². The zero-order chi connectivity index (χ0) is 16.4. The third-order valence-electron chi connectivity index (χ3n) is 4.02. The van der Waals surface area contributed by atoms with E-state index < -0.39 is 0 Å². The fraction of sp³-hybridized carbons (Fsp3) is 0.353. The maximum Gasteiger partial charge on any atom is 0.289 e. The molecule has 6 heteroatoms. The van der Waals surface area contributed by atoms with Gasteiger partial charge < -0.3 is 15.1 Å². The Labute approximate surface area is 145 Å². The lowest BCUT2D eigenvalue weighted by atomic mass is 9.91. The Balaban J connectivity index is 1.64. The van der Waals surface area contributed by atoms with Crippen LogP contribution in [0.25, 0.3) is 0 Å². The molecule has 1 fully saturated rings. The predicted molar refractivity (Wildman–Crippen MR) is 92.0 cm³/mol. The maximum absolute atomic E-state index is 12.5. The molecule has 1 saturated heterocycles. The number of hydrogen-bond acceptors (Lipinski definition) is 4. The molecule has 0 aliphatic carbocycles. The maximum atomic E-state index is 12.5. The molecule has 1 aromatic carbocycles. The molecule has 0 radical (unpaired) electrons. The van der Waals surface area contributed by atoms with Gasteiger partial charge in [-0.3, -0.25) is 4.79 Å². The lowest BCUT2D eigenvalue weighted by Gasteiger charge is -2.36. The highest BCUT2D eigenvalue weighted by molar-refractivity contribution is 7.99. The summed E-state index contributed by atoms with van der Waals surface area (Å²) >= 11 is 7.34. The molecule has 2 aromatic rings. The zero-order valence-corrected chi connectivity index (χ0v) is 14.5. The molecule has 3 rings (SSSR count). The number of furan rings is 1. The van der Waals surface area contributed by atoms with E-state index in [4.69, 9.17) is 21.8 Å². The Morgan fingerprint density at radius 2 is 1.87 bits per heavy atom. The molecule has 1 aliphatic rings. The summed E-state index contributed by atoms with van der Waals surface area (Å²) in [7, 11) is 0. The average Bonchev–Trinajstić information content (AvgIpc) is 2.97. The number of likely N-dealkylation sites (tertiary alicyclic amines) is 1. The van der Waals surface area contributed by atoms with Gasteiger partial charge in [-0.15, -0.1) is 0 Å². The van der Waals surface area contributed by atoms with Crippen LogP contribution >= 0.6 is 23.4 Å². The Hall–Kier alpha value is -1.43. The average molecular weight is 351 g/mol. The zero-order valence-electron chi connectivity index (χ0n) is 12.9. The van der Waals surface area contributed by atoms with E-state index >= 15 is 0 Å². The van der Waals surface area contributed by atoms with Crippen LogP contribution in [-0.4, -0.2) is 29.4 Å². The molecule has 0 saturated carbocycles. The molecule has 1 aliphatic heterocycles. The second-order valence-electron chi connectivity index (χ2n) is 6.12. The van der Waals surface area contributed by atoms with Crippen LogP contribution < -0.4 is 5.73 Å². The highest BCUT2D eigenvalue weighted by atomic mass is 35.5. The van der Waals surface area contributed by atoms with Gasteiger partial charge in [0.05, 0.1) is 0 Å². The van der Waals surface area contributed by atoms with E-state index in [9.17, 15) is 4.79 Å². The van der Waals surface area contributed by atoms with Crippen molar-refractivity contribution in [1.29, 1.82) is 0 Å². The van der Waals surface area contributed by atoms with E-state index in [2.05, 4.69) is 0 Å². The van der Waals surface area contributed by atoms with Crippen LogP contribution in [0.15, 0.2) is 50.8 Å². The number of piperidine rings is 1. The van der Waals surface area contributed by atoms with E-state index in [-0.39, 0.29) is 11.4 Å². The Morgan fingerprint density at radius 1 is 1.22 bits per heavy atom. The van der Waals surface area contributed by atoms with Crippen molar-refractivity contribution in [3.8, 4) is 0 Å². The molecule has 23 heavy (non-hydrogen) atoms. The minimum Gasteiger partial charge on any atom is -0.444 e. The molecule has 122 valence electrons. The lowest BCUT2D eigenvalue weighted by molar-refractivity contribution is 0.0643. The number of benzene rings is 1. The molecule has 0 atom stereocenters. The number of amides is 1. The molecular formula is C17H19ClN2O2S. The number of hydrogen-bond donors (Lipinski definition) is 1. The van der Waals surface area contributed by atoms with E-state index in [1.165, 1.54) is 11.8 Å². The van der Waals surface area contributed by atoms with Gasteiger partial charge in [0.25, 0.3) is 5.91 Å². The van der Waals surface area contributed by atoms with E-state index in [0.717, 1.165) is 17.7 Å². The van der Waals surface area contributed by atoms with Crippen molar-refractivity contribution in [3.63, 3.8) is 0 Å². The molecule has 1 aromatic heterocycles. The topological polar surface area (TPSA) is 59.5 Å². The molecule has 0 bridgehead atoms. The van der Waals surface area contributed by atoms with Gasteiger partial charge >= 0.3 is 0 Å². The Kier molecular flexibility index (Phi) is 4.71. The summed E-state index contributed by atoms with van der Waals surface area (Å²) in [6.45, 7) is 3.38. The largest absolute Gasteiger partial charge is 0.444 e. The van der Waals surface area contributed by atoms with Gasteiger partial charge in [-0.25, -0.2) is 0 Å². The number of nitrogens with two attached hydrogens (primary N) is 1. The second kappa shape index (κ2) is 6.59. The van der Waals surface area contributed by atoms with Crippen molar-refractivity contribution >= 4 is 29.3 Å². The lowest BCUT2D eigenvalue weighted by Crippen LogP contribution is -2.49. The Morgan fingerprint density at radius 3 is 2.52 bits per heavy atom. The quantitative estimate of drug-likeness (QED) is 0.907. The van der Waals surface area contributed by atoms with Crippen molar-refractivity contribution in [3.05, 3.63) is 47.2 Å². The SMILES string of the molecule is CC1(N)CCN(C(=O)c2ccc(Sc3ccc(Cl)cc3)o2)CC1. The first-order valence-corrected chi connectivity index (χ1v) is 8.74. The standard InChI is InChI=1S/C17H19ClN2O2S/c1-17(19)8-10-20(11-9-17)16(21)14-6-7-15(22-14)23-13-4-2-12(18)3-5-13/h2-7H,8-11,19H2,1H3.